The third-order valence-electron chi connectivity index (χ3n) is 4.94. The molecular formula is C21H20N4O2S. The number of carbonyl (C=O) groups excluding carboxylic acids is 1. The molecule has 1 N–H and O–H groups in total. The number of pyridine rings is 1. The van der Waals surface area contributed by atoms with Gasteiger partial charge in [0.05, 0.1) is 11.8 Å². The number of benzene rings is 1. The van der Waals surface area contributed by atoms with E-state index in [9.17, 15) is 9.59 Å². The van der Waals surface area contributed by atoms with Gasteiger partial charge in [0.25, 0.3) is 5.56 Å². The van der Waals surface area contributed by atoms with Crippen LogP contribution in [0.3, 0.4) is 0 Å². The predicted molar refractivity (Wildman–Crippen MR) is 113 cm³/mol. The molecular weight excluding hydrogens is 372 g/mol. The highest BCUT2D eigenvalue weighted by atomic mass is 32.1. The molecule has 0 saturated carbocycles. The quantitative estimate of drug-likeness (QED) is 0.574. The zero-order chi connectivity index (χ0) is 20.0. The van der Waals surface area contributed by atoms with Crippen LogP contribution in [0, 0.1) is 27.7 Å². The maximum atomic E-state index is 12.9. The summed E-state index contributed by atoms with van der Waals surface area (Å²) in [6.07, 6.45) is 1.44. The van der Waals surface area contributed by atoms with Crippen LogP contribution in [0.2, 0.25) is 0 Å². The van der Waals surface area contributed by atoms with Gasteiger partial charge in [-0.15, -0.1) is 11.3 Å². The Labute approximate surface area is 165 Å². The maximum absolute atomic E-state index is 12.9. The summed E-state index contributed by atoms with van der Waals surface area (Å²) in [4.78, 5) is 35.2. The van der Waals surface area contributed by atoms with Crippen LogP contribution < -0.4 is 10.9 Å². The first-order chi connectivity index (χ1) is 13.3. The lowest BCUT2D eigenvalue weighted by Gasteiger charge is -2.11. The van der Waals surface area contributed by atoms with Crippen molar-refractivity contribution in [2.24, 2.45) is 0 Å². The van der Waals surface area contributed by atoms with Crippen molar-refractivity contribution in [2.75, 3.05) is 5.32 Å². The molecule has 142 valence electrons. The van der Waals surface area contributed by atoms with Gasteiger partial charge in [0.2, 0.25) is 5.91 Å². The Bertz CT molecular complexity index is 1300. The van der Waals surface area contributed by atoms with Gasteiger partial charge in [-0.1, -0.05) is 12.1 Å². The van der Waals surface area contributed by atoms with E-state index in [1.165, 1.54) is 22.2 Å². The minimum atomic E-state index is -0.261. The molecule has 0 saturated heterocycles. The molecule has 0 radical (unpaired) electrons. The molecule has 0 atom stereocenters. The molecule has 0 unspecified atom stereocenters. The van der Waals surface area contributed by atoms with Gasteiger partial charge in [-0.2, -0.15) is 0 Å². The molecule has 6 nitrogen and oxygen atoms in total. The number of hydrogen-bond acceptors (Lipinski definition) is 5. The van der Waals surface area contributed by atoms with Crippen molar-refractivity contribution in [3.8, 4) is 0 Å². The second-order valence-electron chi connectivity index (χ2n) is 7.01. The van der Waals surface area contributed by atoms with E-state index in [0.717, 1.165) is 38.3 Å². The zero-order valence-electron chi connectivity index (χ0n) is 16.2. The number of aromatic nitrogens is 3. The fourth-order valence-electron chi connectivity index (χ4n) is 3.34. The monoisotopic (exact) mass is 392 g/mol. The van der Waals surface area contributed by atoms with Crippen molar-refractivity contribution >= 4 is 43.4 Å². The van der Waals surface area contributed by atoms with Crippen molar-refractivity contribution in [1.29, 1.82) is 0 Å². The molecule has 3 aromatic heterocycles. The van der Waals surface area contributed by atoms with Crippen molar-refractivity contribution in [1.82, 2.24) is 14.5 Å². The van der Waals surface area contributed by atoms with Gasteiger partial charge < -0.3 is 5.32 Å². The standard InChI is InChI=1S/C21H20N4O2S/c1-11-6-5-7-15(14(11)4)24-16(26)9-25-10-22-18-17-12(2)8-13(3)23-20(17)28-19(18)21(25)27/h5-8,10H,9H2,1-4H3,(H,24,26). The van der Waals surface area contributed by atoms with Gasteiger partial charge in [-0.05, 0) is 56.5 Å². The summed E-state index contributed by atoms with van der Waals surface area (Å²) >= 11 is 1.33. The molecule has 1 aromatic carbocycles. The number of hydrogen-bond donors (Lipinski definition) is 1. The predicted octanol–water partition coefficient (Wildman–Crippen LogP) is 3.88. The van der Waals surface area contributed by atoms with E-state index in [4.69, 9.17) is 0 Å². The van der Waals surface area contributed by atoms with Crippen molar-refractivity contribution in [3.05, 3.63) is 63.3 Å². The lowest BCUT2D eigenvalue weighted by molar-refractivity contribution is -0.116. The van der Waals surface area contributed by atoms with Crippen LogP contribution in [0.25, 0.3) is 20.4 Å². The van der Waals surface area contributed by atoms with E-state index >= 15 is 0 Å². The Morgan fingerprint density at radius 1 is 1.18 bits per heavy atom. The zero-order valence-corrected chi connectivity index (χ0v) is 17.0. The summed E-state index contributed by atoms with van der Waals surface area (Å²) < 4.78 is 1.87. The topological polar surface area (TPSA) is 76.9 Å². The maximum Gasteiger partial charge on any atom is 0.271 e. The molecule has 0 fully saturated rings. The molecule has 4 aromatic rings. The number of rotatable bonds is 3. The van der Waals surface area contributed by atoms with Gasteiger partial charge >= 0.3 is 0 Å². The van der Waals surface area contributed by atoms with Crippen molar-refractivity contribution in [3.63, 3.8) is 0 Å². The number of carbonyl (C=O) groups is 1. The third-order valence-corrected chi connectivity index (χ3v) is 6.00. The summed E-state index contributed by atoms with van der Waals surface area (Å²) in [5, 5.41) is 3.79. The lowest BCUT2D eigenvalue weighted by Crippen LogP contribution is -2.27. The van der Waals surface area contributed by atoms with Gasteiger partial charge in [-0.25, -0.2) is 9.97 Å². The van der Waals surface area contributed by atoms with Crippen LogP contribution in [0.4, 0.5) is 5.69 Å². The van der Waals surface area contributed by atoms with E-state index < -0.39 is 0 Å². The second kappa shape index (κ2) is 6.83. The molecule has 1 amide bonds. The highest BCUT2D eigenvalue weighted by molar-refractivity contribution is 7.25. The van der Waals surface area contributed by atoms with Crippen LogP contribution in [0.5, 0.6) is 0 Å². The van der Waals surface area contributed by atoms with Crippen molar-refractivity contribution < 1.29 is 4.79 Å². The first-order valence-corrected chi connectivity index (χ1v) is 9.78. The van der Waals surface area contributed by atoms with Crippen LogP contribution in [0.15, 0.2) is 35.4 Å². The fourth-order valence-corrected chi connectivity index (χ4v) is 4.54. The average Bonchev–Trinajstić information content (AvgIpc) is 3.01. The fraction of sp³-hybridized carbons (Fsp3) is 0.238. The number of amides is 1. The smallest absolute Gasteiger partial charge is 0.271 e. The molecule has 0 bridgehead atoms. The molecule has 7 heteroatoms. The Hall–Kier alpha value is -3.06. The number of aryl methyl sites for hydroxylation is 3. The van der Waals surface area contributed by atoms with Crippen LogP contribution >= 0.6 is 11.3 Å². The van der Waals surface area contributed by atoms with E-state index in [1.807, 2.05) is 52.0 Å². The Kier molecular flexibility index (Phi) is 4.47. The normalized spacial score (nSPS) is 11.3. The van der Waals surface area contributed by atoms with Crippen LogP contribution in [-0.2, 0) is 11.3 Å². The van der Waals surface area contributed by atoms with E-state index in [1.54, 1.807) is 0 Å². The minimum Gasteiger partial charge on any atom is -0.324 e. The summed E-state index contributed by atoms with van der Waals surface area (Å²) in [6, 6.07) is 7.73. The molecule has 0 aliphatic rings. The Morgan fingerprint density at radius 3 is 2.75 bits per heavy atom. The van der Waals surface area contributed by atoms with Crippen molar-refractivity contribution in [2.45, 2.75) is 34.2 Å². The van der Waals surface area contributed by atoms with E-state index in [2.05, 4.69) is 15.3 Å². The second-order valence-corrected chi connectivity index (χ2v) is 8.01. The molecule has 4 rings (SSSR count). The van der Waals surface area contributed by atoms with Crippen LogP contribution in [-0.4, -0.2) is 20.4 Å². The number of fused-ring (bicyclic) bond motifs is 3. The lowest BCUT2D eigenvalue weighted by atomic mass is 10.1. The largest absolute Gasteiger partial charge is 0.324 e. The van der Waals surface area contributed by atoms with Gasteiger partial charge in [0.15, 0.2) is 0 Å². The Morgan fingerprint density at radius 2 is 1.96 bits per heavy atom. The van der Waals surface area contributed by atoms with Crippen LogP contribution in [0.1, 0.15) is 22.4 Å². The molecule has 0 aliphatic heterocycles. The summed E-state index contributed by atoms with van der Waals surface area (Å²) in [7, 11) is 0. The number of nitrogens with zero attached hydrogens (tertiary/aromatic N) is 3. The van der Waals surface area contributed by atoms with Gasteiger partial charge in [0.1, 0.15) is 16.1 Å². The van der Waals surface area contributed by atoms with E-state index in [0.29, 0.717) is 10.2 Å². The summed E-state index contributed by atoms with van der Waals surface area (Å²) in [5.74, 6) is -0.261. The molecule has 0 aliphatic carbocycles. The molecule has 3 heterocycles. The summed E-state index contributed by atoms with van der Waals surface area (Å²) in [5.41, 5.74) is 5.25. The third kappa shape index (κ3) is 3.07. The van der Waals surface area contributed by atoms with Gasteiger partial charge in [-0.3, -0.25) is 14.2 Å². The number of nitrogens with one attached hydrogen (secondary N) is 1. The first-order valence-electron chi connectivity index (χ1n) is 8.97. The number of anilines is 1. The highest BCUT2D eigenvalue weighted by Crippen LogP contribution is 2.31. The average molecular weight is 392 g/mol. The van der Waals surface area contributed by atoms with Gasteiger partial charge in [0, 0.05) is 16.8 Å². The van der Waals surface area contributed by atoms with E-state index in [-0.39, 0.29) is 18.0 Å². The molecule has 28 heavy (non-hydrogen) atoms. The first kappa shape index (κ1) is 18.3. The Balaban J connectivity index is 1.70. The summed E-state index contributed by atoms with van der Waals surface area (Å²) in [6.45, 7) is 7.79. The molecule has 0 spiro atoms. The highest BCUT2D eigenvalue weighted by Gasteiger charge is 2.16. The number of thiophene rings is 1. The SMILES string of the molecule is Cc1cc(C)c2c(n1)sc1c(=O)n(CC(=O)Nc3cccc(C)c3C)cnc12. The minimum absolute atomic E-state index is 0.0885.